The zero-order valence-electron chi connectivity index (χ0n) is 12.4. The molecule has 4 nitrogen and oxygen atoms in total. The Morgan fingerprint density at radius 2 is 1.75 bits per heavy atom. The Morgan fingerprint density at radius 1 is 1.08 bits per heavy atom. The Hall–Kier alpha value is -1.75. The van der Waals surface area contributed by atoms with Crippen molar-refractivity contribution in [2.24, 2.45) is 0 Å². The van der Waals surface area contributed by atoms with E-state index in [1.165, 1.54) is 6.07 Å². The van der Waals surface area contributed by atoms with Crippen molar-refractivity contribution in [1.29, 1.82) is 0 Å². The van der Waals surface area contributed by atoms with Crippen LogP contribution >= 0.6 is 12.0 Å². The molecule has 1 heterocycles. The Balaban J connectivity index is 2.27. The molecule has 2 aromatic rings. The summed E-state index contributed by atoms with van der Waals surface area (Å²) >= 11 is 0.500. The Labute approximate surface area is 137 Å². The van der Waals surface area contributed by atoms with E-state index in [-0.39, 0.29) is 5.69 Å². The third kappa shape index (κ3) is 4.63. The molecule has 1 aromatic heterocycles. The second-order valence-electron chi connectivity index (χ2n) is 4.88. The van der Waals surface area contributed by atoms with E-state index in [9.17, 15) is 26.3 Å². The molecule has 0 aliphatic rings. The quantitative estimate of drug-likeness (QED) is 0.587. The molecule has 0 saturated carbocycles. The Morgan fingerprint density at radius 3 is 2.29 bits per heavy atom. The molecule has 0 radical (unpaired) electrons. The van der Waals surface area contributed by atoms with Gasteiger partial charge in [-0.2, -0.15) is 26.3 Å². The summed E-state index contributed by atoms with van der Waals surface area (Å²) in [7, 11) is 0. The number of rotatable bonds is 4. The minimum atomic E-state index is -4.68. The summed E-state index contributed by atoms with van der Waals surface area (Å²) in [6.45, 7) is 1.85. The summed E-state index contributed by atoms with van der Waals surface area (Å²) in [5.41, 5.74) is 1.48. The van der Waals surface area contributed by atoms with Gasteiger partial charge in [-0.15, -0.1) is 5.10 Å². The highest BCUT2D eigenvalue weighted by Gasteiger charge is 2.36. The van der Waals surface area contributed by atoms with E-state index in [0.29, 0.717) is 28.1 Å². The average molecular weight is 371 g/mol. The third-order valence-corrected chi connectivity index (χ3v) is 3.71. The number of hydrogen-bond donors (Lipinski definition) is 0. The summed E-state index contributed by atoms with van der Waals surface area (Å²) in [5.74, 6) is -1.30. The van der Waals surface area contributed by atoms with E-state index >= 15 is 0 Å². The highest BCUT2D eigenvalue weighted by Crippen LogP contribution is 2.31. The smallest absolute Gasteiger partial charge is 0.301 e. The van der Waals surface area contributed by atoms with Crippen LogP contribution in [0.4, 0.5) is 26.3 Å². The number of aromatic nitrogens is 3. The van der Waals surface area contributed by atoms with E-state index < -0.39 is 24.8 Å². The van der Waals surface area contributed by atoms with Gasteiger partial charge in [0, 0.05) is 16.9 Å². The molecule has 11 heteroatoms. The Bertz CT molecular complexity index is 725. The maximum atomic E-state index is 12.6. The zero-order chi connectivity index (χ0) is 18.1. The van der Waals surface area contributed by atoms with Crippen LogP contribution in [0.25, 0.3) is 5.69 Å². The number of nitrogens with zero attached hydrogens (tertiary/aromatic N) is 3. The number of hydrogen-bond acceptors (Lipinski definition) is 4. The highest BCUT2D eigenvalue weighted by molar-refractivity contribution is 7.94. The van der Waals surface area contributed by atoms with E-state index in [4.69, 9.17) is 0 Å². The zero-order valence-corrected chi connectivity index (χ0v) is 13.2. The molecule has 2 rings (SSSR count). The van der Waals surface area contributed by atoms with Crippen LogP contribution in [0.2, 0.25) is 0 Å². The third-order valence-electron chi connectivity index (χ3n) is 2.86. The summed E-state index contributed by atoms with van der Waals surface area (Å²) in [4.78, 5) is 3.53. The van der Waals surface area contributed by atoms with E-state index in [2.05, 4.69) is 14.3 Å². The van der Waals surface area contributed by atoms with Crippen LogP contribution < -0.4 is 0 Å². The van der Waals surface area contributed by atoms with Gasteiger partial charge in [-0.25, -0.2) is 9.67 Å². The monoisotopic (exact) mass is 371 g/mol. The lowest BCUT2D eigenvalue weighted by molar-refractivity contribution is -0.150. The fourth-order valence-electron chi connectivity index (χ4n) is 1.83. The topological polar surface area (TPSA) is 39.9 Å². The summed E-state index contributed by atoms with van der Waals surface area (Å²) in [6.07, 6.45) is -8.26. The Kier molecular flexibility index (Phi) is 5.14. The number of aryl methyl sites for hydroxylation is 2. The van der Waals surface area contributed by atoms with Crippen LogP contribution in [0.15, 0.2) is 23.4 Å². The summed E-state index contributed by atoms with van der Waals surface area (Å²) < 4.78 is 79.5. The minimum Gasteiger partial charge on any atom is -0.301 e. The molecule has 24 heavy (non-hydrogen) atoms. The second kappa shape index (κ2) is 6.63. The minimum absolute atomic E-state index is 0.265. The normalized spacial score (nSPS) is 12.7. The van der Waals surface area contributed by atoms with Crippen molar-refractivity contribution in [1.82, 2.24) is 14.8 Å². The van der Waals surface area contributed by atoms with E-state index in [1.807, 2.05) is 0 Å². The van der Waals surface area contributed by atoms with Crippen molar-refractivity contribution < 1.29 is 30.5 Å². The molecule has 0 amide bonds. The number of halogens is 6. The van der Waals surface area contributed by atoms with Crippen molar-refractivity contribution in [3.63, 3.8) is 0 Å². The molecular formula is C13H11F6N3OS. The van der Waals surface area contributed by atoms with Gasteiger partial charge in [0.1, 0.15) is 6.33 Å². The lowest BCUT2D eigenvalue weighted by atomic mass is 10.1. The van der Waals surface area contributed by atoms with Crippen molar-refractivity contribution in [3.8, 4) is 5.69 Å². The van der Waals surface area contributed by atoms with Crippen molar-refractivity contribution >= 4 is 12.0 Å². The molecule has 0 spiro atoms. The van der Waals surface area contributed by atoms with Crippen molar-refractivity contribution in [2.45, 2.75) is 31.1 Å². The van der Waals surface area contributed by atoms with Gasteiger partial charge in [0.05, 0.1) is 5.69 Å². The molecule has 0 unspecified atom stereocenters. The predicted molar refractivity (Wildman–Crippen MR) is 73.7 cm³/mol. The van der Waals surface area contributed by atoms with Crippen LogP contribution in [-0.2, 0) is 10.4 Å². The number of alkyl halides is 6. The van der Waals surface area contributed by atoms with Crippen LogP contribution in [-0.4, -0.2) is 27.5 Å². The van der Waals surface area contributed by atoms with Gasteiger partial charge >= 0.3 is 12.4 Å². The van der Waals surface area contributed by atoms with Gasteiger partial charge in [-0.1, -0.05) is 6.07 Å². The van der Waals surface area contributed by atoms with E-state index in [0.717, 1.165) is 11.0 Å². The second-order valence-corrected chi connectivity index (χ2v) is 5.72. The van der Waals surface area contributed by atoms with Gasteiger partial charge < -0.3 is 4.18 Å². The van der Waals surface area contributed by atoms with Crippen LogP contribution in [0, 0.1) is 13.8 Å². The maximum Gasteiger partial charge on any atom is 0.453 e. The first-order valence-electron chi connectivity index (χ1n) is 6.44. The first-order chi connectivity index (χ1) is 11.0. The van der Waals surface area contributed by atoms with Crippen molar-refractivity contribution in [2.75, 3.05) is 6.61 Å². The van der Waals surface area contributed by atoms with Gasteiger partial charge in [0.2, 0.25) is 0 Å². The molecule has 0 aliphatic carbocycles. The molecule has 0 aliphatic heterocycles. The lowest BCUT2D eigenvalue weighted by Crippen LogP contribution is -2.14. The summed E-state index contributed by atoms with van der Waals surface area (Å²) in [5, 5.41) is 3.35. The molecule has 132 valence electrons. The molecule has 1 aromatic carbocycles. The average Bonchev–Trinajstić information content (AvgIpc) is 2.89. The van der Waals surface area contributed by atoms with Gasteiger partial charge in [0.15, 0.2) is 6.61 Å². The largest absolute Gasteiger partial charge is 0.453 e. The van der Waals surface area contributed by atoms with Gasteiger partial charge in [0.25, 0.3) is 5.82 Å². The molecule has 0 atom stereocenters. The fourth-order valence-corrected chi connectivity index (χ4v) is 2.50. The first kappa shape index (κ1) is 18.6. The molecule has 0 saturated heterocycles. The predicted octanol–water partition coefficient (Wildman–Crippen LogP) is 4.49. The molecule has 0 N–H and O–H groups in total. The van der Waals surface area contributed by atoms with Crippen LogP contribution in [0.5, 0.6) is 0 Å². The summed E-state index contributed by atoms with van der Waals surface area (Å²) in [6, 6.07) is 3.02. The van der Waals surface area contributed by atoms with Gasteiger partial charge in [-0.05, 0) is 31.0 Å². The van der Waals surface area contributed by atoms with E-state index in [1.54, 1.807) is 19.9 Å². The molecule has 0 bridgehead atoms. The number of benzene rings is 1. The van der Waals surface area contributed by atoms with Gasteiger partial charge in [-0.3, -0.25) is 0 Å². The van der Waals surface area contributed by atoms with Crippen LogP contribution in [0.3, 0.4) is 0 Å². The first-order valence-corrected chi connectivity index (χ1v) is 7.18. The fraction of sp³-hybridized carbons (Fsp3) is 0.385. The standard InChI is InChI=1S/C13H11F6N3OS/c1-7-3-8(2)10(24-23-5-12(14,15)16)4-9(7)22-6-20-11(21-22)13(17,18)19/h3-4,6H,5H2,1-2H3. The molecule has 0 fully saturated rings. The molecular weight excluding hydrogens is 360 g/mol. The lowest BCUT2D eigenvalue weighted by Gasteiger charge is -2.12. The SMILES string of the molecule is Cc1cc(C)c(-n2cnc(C(F)(F)F)n2)cc1SOCC(F)(F)F. The maximum absolute atomic E-state index is 12.6. The highest BCUT2D eigenvalue weighted by atomic mass is 32.2. The van der Waals surface area contributed by atoms with Crippen molar-refractivity contribution in [3.05, 3.63) is 35.4 Å². The van der Waals surface area contributed by atoms with Crippen LogP contribution in [0.1, 0.15) is 17.0 Å².